The average Bonchev–Trinajstić information content (AvgIpc) is 3.10. The molecule has 0 unspecified atom stereocenters. The van der Waals surface area contributed by atoms with Crippen LogP contribution in [-0.2, 0) is 20.2 Å². The summed E-state index contributed by atoms with van der Waals surface area (Å²) in [7, 11) is -8.97. The Morgan fingerprint density at radius 1 is 0.964 bits per heavy atom. The predicted octanol–water partition coefficient (Wildman–Crippen LogP) is 3.08. The number of furan rings is 1. The van der Waals surface area contributed by atoms with Gasteiger partial charge in [0.05, 0.1) is 0 Å². The van der Waals surface area contributed by atoms with Gasteiger partial charge in [0.2, 0.25) is 0 Å². The third-order valence-electron chi connectivity index (χ3n) is 3.75. The number of carbonyl (C=O) groups excluding carboxylic acids is 1. The number of aldehydes is 1. The van der Waals surface area contributed by atoms with Gasteiger partial charge in [0.25, 0.3) is 10.1 Å². The zero-order valence-electron chi connectivity index (χ0n) is 14.4. The molecule has 0 bridgehead atoms. The van der Waals surface area contributed by atoms with Crippen molar-refractivity contribution in [1.82, 2.24) is 0 Å². The fourth-order valence-electron chi connectivity index (χ4n) is 2.41. The molecule has 10 heteroatoms. The number of rotatable bonds is 6. The minimum atomic E-state index is -4.75. The lowest BCUT2D eigenvalue weighted by Crippen LogP contribution is -2.10. The fourth-order valence-corrected chi connectivity index (χ4v) is 4.05. The van der Waals surface area contributed by atoms with Crippen LogP contribution in [0, 0.1) is 6.92 Å². The molecule has 0 amide bonds. The number of hydrogen-bond acceptors (Lipinski definition) is 7. The lowest BCUT2D eigenvalue weighted by atomic mass is 10.1. The molecule has 0 atom stereocenters. The van der Waals surface area contributed by atoms with Crippen molar-refractivity contribution < 1.29 is 34.8 Å². The van der Waals surface area contributed by atoms with E-state index >= 15 is 0 Å². The predicted molar refractivity (Wildman–Crippen MR) is 98.3 cm³/mol. The van der Waals surface area contributed by atoms with E-state index in [1.54, 1.807) is 19.1 Å². The van der Waals surface area contributed by atoms with Gasteiger partial charge in [0, 0.05) is 11.6 Å². The van der Waals surface area contributed by atoms with E-state index in [1.165, 1.54) is 36.4 Å². The van der Waals surface area contributed by atoms with Crippen LogP contribution in [0.3, 0.4) is 0 Å². The van der Waals surface area contributed by atoms with Crippen molar-refractivity contribution in [3.63, 3.8) is 0 Å². The average molecular weight is 422 g/mol. The number of aryl methyl sites for hydroxylation is 1. The molecule has 1 N–H and O–H groups in total. The highest BCUT2D eigenvalue weighted by Gasteiger charge is 2.23. The molecule has 3 rings (SSSR count). The molecule has 3 aromatic rings. The molecule has 1 heterocycles. The van der Waals surface area contributed by atoms with Crippen LogP contribution >= 0.6 is 0 Å². The zero-order chi connectivity index (χ0) is 20.5. The highest BCUT2D eigenvalue weighted by molar-refractivity contribution is 7.87. The van der Waals surface area contributed by atoms with Gasteiger partial charge in [-0.15, -0.1) is 0 Å². The Labute approximate surface area is 161 Å². The molecule has 0 saturated heterocycles. The summed E-state index contributed by atoms with van der Waals surface area (Å²) in [6.07, 6.45) is 0.433. The summed E-state index contributed by atoms with van der Waals surface area (Å²) >= 11 is 0. The van der Waals surface area contributed by atoms with Crippen LogP contribution in [0.15, 0.2) is 68.8 Å². The van der Waals surface area contributed by atoms with E-state index in [-0.39, 0.29) is 27.7 Å². The zero-order valence-corrected chi connectivity index (χ0v) is 16.0. The van der Waals surface area contributed by atoms with Gasteiger partial charge >= 0.3 is 10.1 Å². The largest absolute Gasteiger partial charge is 0.453 e. The minimum absolute atomic E-state index is 0.00247. The molecule has 0 spiro atoms. The summed E-state index contributed by atoms with van der Waals surface area (Å²) in [5.74, 6) is -0.361. The van der Waals surface area contributed by atoms with Crippen LogP contribution in [0.2, 0.25) is 0 Å². The normalized spacial score (nSPS) is 11.9. The Morgan fingerprint density at radius 3 is 2.21 bits per heavy atom. The van der Waals surface area contributed by atoms with Crippen LogP contribution in [0.4, 0.5) is 0 Å². The molecule has 0 fully saturated rings. The monoisotopic (exact) mass is 422 g/mol. The van der Waals surface area contributed by atoms with Crippen LogP contribution in [0.5, 0.6) is 5.75 Å². The standard InChI is InChI=1S/C18H14O8S2/c1-12-2-6-15(7-3-12)28(23,24)26-13-4-8-16(18(10-13)27(20,21)22)17-9-5-14(11-19)25-17/h2-11H,1H3,(H,20,21,22). The maximum atomic E-state index is 12.4. The molecule has 8 nitrogen and oxygen atoms in total. The van der Waals surface area contributed by atoms with E-state index in [1.807, 2.05) is 0 Å². The van der Waals surface area contributed by atoms with E-state index in [9.17, 15) is 26.2 Å². The van der Waals surface area contributed by atoms with Gasteiger partial charge < -0.3 is 8.60 Å². The maximum Gasteiger partial charge on any atom is 0.339 e. The molecule has 2 aromatic carbocycles. The molecule has 1 aromatic heterocycles. The van der Waals surface area contributed by atoms with Gasteiger partial charge in [0.15, 0.2) is 12.0 Å². The molecular formula is C18H14O8S2. The quantitative estimate of drug-likeness (QED) is 0.365. The Kier molecular flexibility index (Phi) is 5.11. The first kappa shape index (κ1) is 19.8. The molecule has 0 aliphatic rings. The Hall–Kier alpha value is -2.95. The van der Waals surface area contributed by atoms with Crippen LogP contribution < -0.4 is 4.18 Å². The van der Waals surface area contributed by atoms with E-state index in [2.05, 4.69) is 0 Å². The summed E-state index contributed by atoms with van der Waals surface area (Å²) in [6, 6.07) is 11.8. The molecule has 0 saturated carbocycles. The summed E-state index contributed by atoms with van der Waals surface area (Å²) in [6.45, 7) is 1.79. The molecule has 0 aliphatic carbocycles. The van der Waals surface area contributed by atoms with Gasteiger partial charge in [-0.2, -0.15) is 16.8 Å². The number of carbonyl (C=O) groups is 1. The van der Waals surface area contributed by atoms with Crippen molar-refractivity contribution in [2.75, 3.05) is 0 Å². The summed E-state index contributed by atoms with van der Waals surface area (Å²) in [4.78, 5) is 10.0. The third-order valence-corrected chi connectivity index (χ3v) is 5.91. The van der Waals surface area contributed by atoms with E-state index in [4.69, 9.17) is 8.60 Å². The van der Waals surface area contributed by atoms with Gasteiger partial charge in [-0.3, -0.25) is 9.35 Å². The molecule has 0 aliphatic heterocycles. The second-order valence-electron chi connectivity index (χ2n) is 5.80. The van der Waals surface area contributed by atoms with Crippen LogP contribution in [0.25, 0.3) is 11.3 Å². The molecule has 28 heavy (non-hydrogen) atoms. The highest BCUT2D eigenvalue weighted by Crippen LogP contribution is 2.32. The first-order valence-electron chi connectivity index (χ1n) is 7.78. The van der Waals surface area contributed by atoms with Gasteiger partial charge in [-0.1, -0.05) is 17.7 Å². The lowest BCUT2D eigenvalue weighted by molar-refractivity contribution is 0.110. The first-order valence-corrected chi connectivity index (χ1v) is 10.6. The number of hydrogen-bond donors (Lipinski definition) is 1. The summed E-state index contributed by atoms with van der Waals surface area (Å²) in [5, 5.41) is 0. The summed E-state index contributed by atoms with van der Waals surface area (Å²) < 4.78 is 68.0. The second kappa shape index (κ2) is 7.23. The Morgan fingerprint density at radius 2 is 1.64 bits per heavy atom. The van der Waals surface area contributed by atoms with Crippen LogP contribution in [-0.4, -0.2) is 27.7 Å². The number of benzene rings is 2. The maximum absolute atomic E-state index is 12.4. The topological polar surface area (TPSA) is 128 Å². The molecular weight excluding hydrogens is 408 g/mol. The van der Waals surface area contributed by atoms with Gasteiger partial charge in [0.1, 0.15) is 21.3 Å². The van der Waals surface area contributed by atoms with Crippen molar-refractivity contribution in [1.29, 1.82) is 0 Å². The lowest BCUT2D eigenvalue weighted by Gasteiger charge is -2.10. The SMILES string of the molecule is Cc1ccc(S(=O)(=O)Oc2ccc(-c3ccc(C=O)o3)c(S(=O)(=O)O)c2)cc1. The van der Waals surface area contributed by atoms with E-state index < -0.39 is 25.1 Å². The van der Waals surface area contributed by atoms with Crippen molar-refractivity contribution in [3.05, 3.63) is 65.9 Å². The van der Waals surface area contributed by atoms with Crippen molar-refractivity contribution >= 4 is 26.5 Å². The van der Waals surface area contributed by atoms with E-state index in [0.717, 1.165) is 11.6 Å². The second-order valence-corrected chi connectivity index (χ2v) is 8.74. The van der Waals surface area contributed by atoms with Gasteiger partial charge in [-0.05, 0) is 43.3 Å². The summed E-state index contributed by atoms with van der Waals surface area (Å²) in [5.41, 5.74) is 0.792. The Bertz CT molecular complexity index is 1240. The van der Waals surface area contributed by atoms with Crippen LogP contribution in [0.1, 0.15) is 16.1 Å². The Balaban J connectivity index is 2.04. The van der Waals surface area contributed by atoms with Crippen molar-refractivity contribution in [2.45, 2.75) is 16.7 Å². The minimum Gasteiger partial charge on any atom is -0.453 e. The molecule has 146 valence electrons. The van der Waals surface area contributed by atoms with Crippen molar-refractivity contribution in [2.24, 2.45) is 0 Å². The van der Waals surface area contributed by atoms with E-state index in [0.29, 0.717) is 6.29 Å². The van der Waals surface area contributed by atoms with Crippen molar-refractivity contribution in [3.8, 4) is 17.1 Å². The third kappa shape index (κ3) is 4.14. The smallest absolute Gasteiger partial charge is 0.339 e. The molecule has 0 radical (unpaired) electrons. The fraction of sp³-hybridized carbons (Fsp3) is 0.0556. The highest BCUT2D eigenvalue weighted by atomic mass is 32.2. The first-order chi connectivity index (χ1) is 13.1. The van der Waals surface area contributed by atoms with Gasteiger partial charge in [-0.25, -0.2) is 0 Å².